The quantitative estimate of drug-likeness (QED) is 0.580. The van der Waals surface area contributed by atoms with Crippen LogP contribution in [0.2, 0.25) is 0 Å². The maximum absolute atomic E-state index is 12.2. The molecule has 0 aliphatic carbocycles. The molecule has 0 spiro atoms. The molecule has 7 nitrogen and oxygen atoms in total. The molecule has 9 heteroatoms. The van der Waals surface area contributed by atoms with Crippen LogP contribution in [0.5, 0.6) is 0 Å². The molecule has 1 heterocycles. The third-order valence-electron chi connectivity index (χ3n) is 4.79. The number of morpholine rings is 1. The van der Waals surface area contributed by atoms with E-state index in [1.54, 1.807) is 24.3 Å². The van der Waals surface area contributed by atoms with Gasteiger partial charge in [0.2, 0.25) is 5.91 Å². The number of halogens is 2. The minimum Gasteiger partial charge on any atom is -0.379 e. The van der Waals surface area contributed by atoms with Crippen molar-refractivity contribution in [1.82, 2.24) is 10.2 Å². The smallest absolute Gasteiger partial charge is 0.251 e. The van der Waals surface area contributed by atoms with Crippen LogP contribution in [-0.4, -0.2) is 62.1 Å². The number of hydrogen-bond acceptors (Lipinski definition) is 5. The maximum Gasteiger partial charge on any atom is 0.251 e. The van der Waals surface area contributed by atoms with E-state index in [-0.39, 0.29) is 42.5 Å². The topological polar surface area (TPSA) is 96.7 Å². The second kappa shape index (κ2) is 13.7. The fraction of sp³-hybridized carbons (Fsp3) is 0.579. The predicted octanol–water partition coefficient (Wildman–Crippen LogP) is 1.90. The molecule has 4 N–H and O–H groups in total. The van der Waals surface area contributed by atoms with Crippen molar-refractivity contribution >= 4 is 42.3 Å². The van der Waals surface area contributed by atoms with E-state index in [2.05, 4.69) is 15.5 Å². The lowest BCUT2D eigenvalue weighted by Crippen LogP contribution is -2.41. The van der Waals surface area contributed by atoms with Gasteiger partial charge in [0.15, 0.2) is 0 Å². The molecule has 2 atom stereocenters. The molecule has 28 heavy (non-hydrogen) atoms. The molecule has 2 amide bonds. The minimum atomic E-state index is -0.539. The number of nitrogens with two attached hydrogens (primary N) is 1. The molecule has 2 rings (SSSR count). The Kier molecular flexibility index (Phi) is 13.1. The first-order chi connectivity index (χ1) is 12.5. The molecule has 1 aromatic rings. The van der Waals surface area contributed by atoms with Gasteiger partial charge in [0.1, 0.15) is 0 Å². The molecule has 0 aromatic heterocycles. The van der Waals surface area contributed by atoms with Gasteiger partial charge in [0.25, 0.3) is 5.91 Å². The molecular weight excluding hydrogens is 403 g/mol. The molecular formula is C19H32Cl2N4O3. The second-order valence-electron chi connectivity index (χ2n) is 6.69. The summed E-state index contributed by atoms with van der Waals surface area (Å²) in [7, 11) is 0. The third kappa shape index (κ3) is 8.32. The Morgan fingerprint density at radius 1 is 1.18 bits per heavy atom. The van der Waals surface area contributed by atoms with E-state index >= 15 is 0 Å². The van der Waals surface area contributed by atoms with Gasteiger partial charge in [0, 0.05) is 37.4 Å². The van der Waals surface area contributed by atoms with E-state index in [0.717, 1.165) is 39.3 Å². The normalized spacial score (nSPS) is 16.1. The Labute approximate surface area is 179 Å². The Morgan fingerprint density at radius 3 is 2.36 bits per heavy atom. The van der Waals surface area contributed by atoms with Crippen LogP contribution < -0.4 is 16.4 Å². The zero-order chi connectivity index (χ0) is 18.9. The molecule has 1 aliphatic rings. The van der Waals surface area contributed by atoms with E-state index in [4.69, 9.17) is 10.5 Å². The molecule has 160 valence electrons. The summed E-state index contributed by atoms with van der Waals surface area (Å²) < 4.78 is 5.30. The van der Waals surface area contributed by atoms with Crippen LogP contribution in [0.3, 0.4) is 0 Å². The zero-order valence-electron chi connectivity index (χ0n) is 16.5. The van der Waals surface area contributed by atoms with Gasteiger partial charge in [-0.05, 0) is 30.2 Å². The largest absolute Gasteiger partial charge is 0.379 e. The van der Waals surface area contributed by atoms with Crippen molar-refractivity contribution in [1.29, 1.82) is 0 Å². The Balaban J connectivity index is 0.00000364. The van der Waals surface area contributed by atoms with Crippen molar-refractivity contribution in [3.05, 3.63) is 29.8 Å². The van der Waals surface area contributed by atoms with Gasteiger partial charge in [-0.15, -0.1) is 24.8 Å². The lowest BCUT2D eigenvalue weighted by molar-refractivity contribution is -0.118. The van der Waals surface area contributed by atoms with Gasteiger partial charge < -0.3 is 21.1 Å². The summed E-state index contributed by atoms with van der Waals surface area (Å²) in [6.07, 6.45) is 0.845. The first-order valence-corrected chi connectivity index (χ1v) is 9.26. The average Bonchev–Trinajstić information content (AvgIpc) is 2.68. The Hall–Kier alpha value is -1.38. The monoisotopic (exact) mass is 434 g/mol. The Morgan fingerprint density at radius 2 is 1.79 bits per heavy atom. The molecule has 0 radical (unpaired) electrons. The van der Waals surface area contributed by atoms with Crippen LogP contribution in [0.4, 0.5) is 5.69 Å². The van der Waals surface area contributed by atoms with Crippen LogP contribution in [0.15, 0.2) is 24.3 Å². The van der Waals surface area contributed by atoms with Crippen molar-refractivity contribution < 1.29 is 14.3 Å². The summed E-state index contributed by atoms with van der Waals surface area (Å²) in [5.41, 5.74) is 7.13. The Bertz CT molecular complexity index is 595. The van der Waals surface area contributed by atoms with Gasteiger partial charge >= 0.3 is 0 Å². The summed E-state index contributed by atoms with van der Waals surface area (Å²) in [6.45, 7) is 8.69. The molecule has 1 saturated heterocycles. The number of rotatable bonds is 8. The SMILES string of the molecule is CCC(C)C(N)C(=O)Nc1ccc(C(=O)NCCN2CCOCC2)cc1.Cl.Cl. The van der Waals surface area contributed by atoms with E-state index in [1.807, 2.05) is 13.8 Å². The fourth-order valence-electron chi connectivity index (χ4n) is 2.70. The van der Waals surface area contributed by atoms with Crippen LogP contribution in [0.25, 0.3) is 0 Å². The number of carbonyl (C=O) groups excluding carboxylic acids is 2. The zero-order valence-corrected chi connectivity index (χ0v) is 18.1. The fourth-order valence-corrected chi connectivity index (χ4v) is 2.70. The van der Waals surface area contributed by atoms with E-state index in [9.17, 15) is 9.59 Å². The number of benzene rings is 1. The number of ether oxygens (including phenoxy) is 1. The van der Waals surface area contributed by atoms with E-state index in [0.29, 0.717) is 17.8 Å². The van der Waals surface area contributed by atoms with Crippen molar-refractivity contribution in [2.75, 3.05) is 44.7 Å². The molecule has 0 saturated carbocycles. The van der Waals surface area contributed by atoms with Crippen LogP contribution in [0.1, 0.15) is 30.6 Å². The highest BCUT2D eigenvalue weighted by molar-refractivity contribution is 5.97. The summed E-state index contributed by atoms with van der Waals surface area (Å²) >= 11 is 0. The highest BCUT2D eigenvalue weighted by Gasteiger charge is 2.19. The van der Waals surface area contributed by atoms with Crippen molar-refractivity contribution in [2.45, 2.75) is 26.3 Å². The van der Waals surface area contributed by atoms with Gasteiger partial charge in [-0.2, -0.15) is 0 Å². The number of amides is 2. The average molecular weight is 435 g/mol. The highest BCUT2D eigenvalue weighted by Crippen LogP contribution is 2.12. The molecule has 1 aliphatic heterocycles. The number of nitrogens with one attached hydrogen (secondary N) is 2. The lowest BCUT2D eigenvalue weighted by Gasteiger charge is -2.26. The van der Waals surface area contributed by atoms with Crippen molar-refractivity contribution in [2.24, 2.45) is 11.7 Å². The van der Waals surface area contributed by atoms with E-state index < -0.39 is 6.04 Å². The first-order valence-electron chi connectivity index (χ1n) is 9.26. The summed E-state index contributed by atoms with van der Waals surface area (Å²) in [4.78, 5) is 26.6. The number of hydrogen-bond donors (Lipinski definition) is 3. The number of nitrogens with zero attached hydrogens (tertiary/aromatic N) is 1. The summed E-state index contributed by atoms with van der Waals surface area (Å²) in [5, 5.41) is 5.71. The van der Waals surface area contributed by atoms with Crippen molar-refractivity contribution in [3.63, 3.8) is 0 Å². The van der Waals surface area contributed by atoms with Gasteiger partial charge in [-0.3, -0.25) is 14.5 Å². The first kappa shape index (κ1) is 26.6. The molecule has 1 fully saturated rings. The lowest BCUT2D eigenvalue weighted by atomic mass is 9.99. The van der Waals surface area contributed by atoms with Gasteiger partial charge in [-0.1, -0.05) is 20.3 Å². The van der Waals surface area contributed by atoms with Gasteiger partial charge in [-0.25, -0.2) is 0 Å². The number of carbonyl (C=O) groups is 2. The third-order valence-corrected chi connectivity index (χ3v) is 4.79. The number of anilines is 1. The van der Waals surface area contributed by atoms with Crippen LogP contribution in [0, 0.1) is 5.92 Å². The van der Waals surface area contributed by atoms with E-state index in [1.165, 1.54) is 0 Å². The summed E-state index contributed by atoms with van der Waals surface area (Å²) in [5.74, 6) is -0.207. The highest BCUT2D eigenvalue weighted by atomic mass is 35.5. The minimum absolute atomic E-state index is 0. The molecule has 0 bridgehead atoms. The second-order valence-corrected chi connectivity index (χ2v) is 6.69. The predicted molar refractivity (Wildman–Crippen MR) is 117 cm³/mol. The van der Waals surface area contributed by atoms with Gasteiger partial charge in [0.05, 0.1) is 19.3 Å². The standard InChI is InChI=1S/C19H30N4O3.2ClH/c1-3-14(2)17(20)19(25)22-16-6-4-15(5-7-16)18(24)21-8-9-23-10-12-26-13-11-23;;/h4-7,14,17H,3,8-13,20H2,1-2H3,(H,21,24)(H,22,25);2*1H. The summed E-state index contributed by atoms with van der Waals surface area (Å²) in [6, 6.07) is 6.31. The maximum atomic E-state index is 12.2. The van der Waals surface area contributed by atoms with Crippen LogP contribution >= 0.6 is 24.8 Å². The molecule has 2 unspecified atom stereocenters. The van der Waals surface area contributed by atoms with Crippen molar-refractivity contribution in [3.8, 4) is 0 Å². The molecule has 1 aromatic carbocycles. The van der Waals surface area contributed by atoms with Crippen LogP contribution in [-0.2, 0) is 9.53 Å².